The zero-order valence-electron chi connectivity index (χ0n) is 12.5. The van der Waals surface area contributed by atoms with Gasteiger partial charge in [0.1, 0.15) is 16.4 Å². The highest BCUT2D eigenvalue weighted by Crippen LogP contribution is 2.30. The number of aromatic hydroxyl groups is 1. The van der Waals surface area contributed by atoms with Crippen LogP contribution in [0.3, 0.4) is 0 Å². The summed E-state index contributed by atoms with van der Waals surface area (Å²) in [5, 5.41) is 9.29. The fourth-order valence-corrected chi connectivity index (χ4v) is 3.48. The number of rotatable bonds is 7. The summed E-state index contributed by atoms with van der Waals surface area (Å²) in [6.45, 7) is 2.60. The van der Waals surface area contributed by atoms with E-state index in [4.69, 9.17) is 4.74 Å². The second kappa shape index (κ2) is 7.31. The van der Waals surface area contributed by atoms with Crippen LogP contribution < -0.4 is 4.74 Å². The van der Waals surface area contributed by atoms with Crippen molar-refractivity contribution in [2.45, 2.75) is 36.0 Å². The Kier molecular flexibility index (Phi) is 5.44. The molecule has 4 nitrogen and oxygen atoms in total. The molecule has 0 saturated heterocycles. The van der Waals surface area contributed by atoms with Gasteiger partial charge in [0.2, 0.25) is 9.84 Å². The Hall–Kier alpha value is -2.01. The lowest BCUT2D eigenvalue weighted by atomic mass is 10.3. The lowest BCUT2D eigenvalue weighted by Gasteiger charge is -2.12. The average Bonchev–Trinajstić information content (AvgIpc) is 2.52. The van der Waals surface area contributed by atoms with Gasteiger partial charge in [-0.15, -0.1) is 0 Å². The lowest BCUT2D eigenvalue weighted by molar-refractivity contribution is 0.298. The number of para-hydroxylation sites is 1. The summed E-state index contributed by atoms with van der Waals surface area (Å²) in [5.74, 6) is 0.398. The zero-order valence-corrected chi connectivity index (χ0v) is 13.3. The van der Waals surface area contributed by atoms with Crippen LogP contribution in [0.25, 0.3) is 0 Å². The molecule has 0 fully saturated rings. The van der Waals surface area contributed by atoms with E-state index >= 15 is 0 Å². The number of ether oxygens (including phenoxy) is 1. The fraction of sp³-hybridized carbons (Fsp3) is 0.294. The van der Waals surface area contributed by atoms with Crippen LogP contribution in [0.15, 0.2) is 58.3 Å². The van der Waals surface area contributed by atoms with Crippen molar-refractivity contribution >= 4 is 9.84 Å². The SMILES string of the molecule is CCCCCOc1ccccc1S(=O)(=O)c1ccc(O)cc1. The molecule has 2 rings (SSSR count). The first kappa shape index (κ1) is 16.4. The van der Waals surface area contributed by atoms with Crippen LogP contribution in [0.2, 0.25) is 0 Å². The standard InChI is InChI=1S/C17H20O4S/c1-2-3-6-13-21-16-7-4-5-8-17(16)22(19,20)15-11-9-14(18)10-12-15/h4-5,7-12,18H,2-3,6,13H2,1H3. The Morgan fingerprint density at radius 1 is 1.00 bits per heavy atom. The molecule has 2 aromatic carbocycles. The number of unbranched alkanes of at least 4 members (excludes halogenated alkanes) is 2. The van der Waals surface area contributed by atoms with Crippen molar-refractivity contribution in [2.24, 2.45) is 0 Å². The molecule has 2 aromatic rings. The van der Waals surface area contributed by atoms with Gasteiger partial charge in [0, 0.05) is 0 Å². The van der Waals surface area contributed by atoms with Gasteiger partial charge in [0.05, 0.1) is 11.5 Å². The molecular formula is C17H20O4S. The summed E-state index contributed by atoms with van der Waals surface area (Å²) < 4.78 is 31.0. The molecule has 0 unspecified atom stereocenters. The lowest BCUT2D eigenvalue weighted by Crippen LogP contribution is -2.06. The van der Waals surface area contributed by atoms with Crippen LogP contribution in [0.1, 0.15) is 26.2 Å². The molecule has 0 bridgehead atoms. The summed E-state index contributed by atoms with van der Waals surface area (Å²) in [7, 11) is -3.67. The molecule has 0 aliphatic heterocycles. The predicted octanol–water partition coefficient (Wildman–Crippen LogP) is 3.79. The molecule has 5 heteroatoms. The fourth-order valence-electron chi connectivity index (χ4n) is 2.08. The zero-order chi connectivity index (χ0) is 16.0. The van der Waals surface area contributed by atoms with Gasteiger partial charge in [-0.05, 0) is 42.8 Å². The van der Waals surface area contributed by atoms with Crippen molar-refractivity contribution in [1.82, 2.24) is 0 Å². The summed E-state index contributed by atoms with van der Waals surface area (Å²) in [6, 6.07) is 12.1. The maximum atomic E-state index is 12.7. The van der Waals surface area contributed by atoms with E-state index in [1.807, 2.05) is 0 Å². The quantitative estimate of drug-likeness (QED) is 0.788. The third-order valence-electron chi connectivity index (χ3n) is 3.29. The molecule has 118 valence electrons. The van der Waals surface area contributed by atoms with Crippen LogP contribution in [-0.2, 0) is 9.84 Å². The summed E-state index contributed by atoms with van der Waals surface area (Å²) in [4.78, 5) is 0.284. The summed E-state index contributed by atoms with van der Waals surface area (Å²) >= 11 is 0. The first-order valence-electron chi connectivity index (χ1n) is 7.31. The van der Waals surface area contributed by atoms with E-state index in [1.165, 1.54) is 30.3 Å². The van der Waals surface area contributed by atoms with E-state index in [-0.39, 0.29) is 15.5 Å². The molecule has 22 heavy (non-hydrogen) atoms. The Balaban J connectivity index is 2.29. The summed E-state index contributed by atoms with van der Waals surface area (Å²) in [6.07, 6.45) is 3.02. The predicted molar refractivity (Wildman–Crippen MR) is 85.0 cm³/mol. The minimum atomic E-state index is -3.67. The number of phenolic OH excluding ortho intramolecular Hbond substituents is 1. The molecule has 0 aromatic heterocycles. The second-order valence-corrected chi connectivity index (χ2v) is 6.92. The van der Waals surface area contributed by atoms with Gasteiger partial charge in [-0.1, -0.05) is 31.9 Å². The van der Waals surface area contributed by atoms with E-state index in [2.05, 4.69) is 6.92 Å². The van der Waals surface area contributed by atoms with Crippen molar-refractivity contribution in [3.8, 4) is 11.5 Å². The van der Waals surface area contributed by atoms with Gasteiger partial charge in [-0.25, -0.2) is 8.42 Å². The maximum Gasteiger partial charge on any atom is 0.210 e. The molecule has 0 radical (unpaired) electrons. The highest BCUT2D eigenvalue weighted by Gasteiger charge is 2.21. The Labute approximate surface area is 131 Å². The topological polar surface area (TPSA) is 63.6 Å². The Morgan fingerprint density at radius 3 is 2.36 bits per heavy atom. The largest absolute Gasteiger partial charge is 0.508 e. The molecule has 0 amide bonds. The van der Waals surface area contributed by atoms with Crippen molar-refractivity contribution in [3.63, 3.8) is 0 Å². The number of hydrogen-bond acceptors (Lipinski definition) is 4. The van der Waals surface area contributed by atoms with Crippen LogP contribution in [0.5, 0.6) is 11.5 Å². The van der Waals surface area contributed by atoms with Gasteiger partial charge in [-0.3, -0.25) is 0 Å². The molecule has 0 aliphatic rings. The minimum absolute atomic E-state index is 0.0306. The van der Waals surface area contributed by atoms with Crippen molar-refractivity contribution in [2.75, 3.05) is 6.61 Å². The number of benzene rings is 2. The minimum Gasteiger partial charge on any atom is -0.508 e. The van der Waals surface area contributed by atoms with Crippen molar-refractivity contribution in [1.29, 1.82) is 0 Å². The van der Waals surface area contributed by atoms with Gasteiger partial charge < -0.3 is 9.84 Å². The first-order chi connectivity index (χ1) is 10.6. The molecular weight excluding hydrogens is 300 g/mol. The number of phenols is 1. The monoisotopic (exact) mass is 320 g/mol. The highest BCUT2D eigenvalue weighted by atomic mass is 32.2. The van der Waals surface area contributed by atoms with Crippen molar-refractivity contribution in [3.05, 3.63) is 48.5 Å². The average molecular weight is 320 g/mol. The Morgan fingerprint density at radius 2 is 1.68 bits per heavy atom. The smallest absolute Gasteiger partial charge is 0.210 e. The van der Waals surface area contributed by atoms with E-state index in [9.17, 15) is 13.5 Å². The maximum absolute atomic E-state index is 12.7. The van der Waals surface area contributed by atoms with E-state index < -0.39 is 9.84 Å². The molecule has 0 saturated carbocycles. The van der Waals surface area contributed by atoms with E-state index in [1.54, 1.807) is 18.2 Å². The third kappa shape index (κ3) is 3.80. The molecule has 0 atom stereocenters. The van der Waals surface area contributed by atoms with Gasteiger partial charge in [0.15, 0.2) is 0 Å². The van der Waals surface area contributed by atoms with Crippen LogP contribution in [0.4, 0.5) is 0 Å². The third-order valence-corrected chi connectivity index (χ3v) is 5.10. The molecule has 1 N–H and O–H groups in total. The first-order valence-corrected chi connectivity index (χ1v) is 8.80. The van der Waals surface area contributed by atoms with E-state index in [0.29, 0.717) is 12.4 Å². The molecule has 0 aliphatic carbocycles. The van der Waals surface area contributed by atoms with Crippen molar-refractivity contribution < 1.29 is 18.3 Å². The van der Waals surface area contributed by atoms with Crippen LogP contribution >= 0.6 is 0 Å². The normalized spacial score (nSPS) is 11.3. The van der Waals surface area contributed by atoms with Gasteiger partial charge in [0.25, 0.3) is 0 Å². The highest BCUT2D eigenvalue weighted by molar-refractivity contribution is 7.91. The van der Waals surface area contributed by atoms with Crippen LogP contribution in [-0.4, -0.2) is 20.1 Å². The Bertz CT molecular complexity index is 706. The van der Waals surface area contributed by atoms with Crippen LogP contribution in [0, 0.1) is 0 Å². The van der Waals surface area contributed by atoms with E-state index in [0.717, 1.165) is 19.3 Å². The van der Waals surface area contributed by atoms with Gasteiger partial charge in [-0.2, -0.15) is 0 Å². The number of sulfone groups is 1. The second-order valence-electron chi connectivity index (χ2n) is 5.00. The van der Waals surface area contributed by atoms with Gasteiger partial charge >= 0.3 is 0 Å². The summed E-state index contributed by atoms with van der Waals surface area (Å²) in [5.41, 5.74) is 0. The number of hydrogen-bond donors (Lipinski definition) is 1. The molecule has 0 spiro atoms. The molecule has 0 heterocycles.